The first-order valence-electron chi connectivity index (χ1n) is 9.04. The van der Waals surface area contributed by atoms with Gasteiger partial charge in [0.2, 0.25) is 23.5 Å². The summed E-state index contributed by atoms with van der Waals surface area (Å²) in [6, 6.07) is 7.19. The van der Waals surface area contributed by atoms with Crippen LogP contribution in [0.2, 0.25) is 0 Å². The second-order valence-corrected chi connectivity index (χ2v) is 7.50. The fourth-order valence-electron chi connectivity index (χ4n) is 3.17. The summed E-state index contributed by atoms with van der Waals surface area (Å²) in [6.07, 6.45) is 4.93. The zero-order valence-corrected chi connectivity index (χ0v) is 15.8. The Balaban J connectivity index is 1.34. The van der Waals surface area contributed by atoms with E-state index in [1.807, 2.05) is 17.5 Å². The van der Waals surface area contributed by atoms with E-state index >= 15 is 0 Å². The molecule has 2 amide bonds. The van der Waals surface area contributed by atoms with Crippen molar-refractivity contribution in [3.8, 4) is 11.4 Å². The Hall–Kier alpha value is -3.07. The molecule has 0 spiro atoms. The standard InChI is InChI=1S/C19H19N5O3S/c25-15(5-6-17-23-19(24-27-17)12-7-9-20-10-8-12)21-13-3-4-16(26)22-18(13)14-2-1-11-28-14/h1-2,7-11,13,18H,3-6H2,(H,21,25)(H,22,26)/t13-,18-/m1/s1. The fraction of sp³-hybridized carbons (Fsp3) is 0.316. The molecular formula is C19H19N5O3S. The topological polar surface area (TPSA) is 110 Å². The summed E-state index contributed by atoms with van der Waals surface area (Å²) >= 11 is 1.57. The minimum Gasteiger partial charge on any atom is -0.351 e. The van der Waals surface area contributed by atoms with Crippen LogP contribution in [0.1, 0.15) is 36.1 Å². The van der Waals surface area contributed by atoms with Gasteiger partial charge in [0.15, 0.2) is 0 Å². The SMILES string of the molecule is O=C(CCc1nc(-c2ccncc2)no1)N[C@@H]1CCC(=O)N[C@H]1c1cccs1. The van der Waals surface area contributed by atoms with Gasteiger partial charge in [-0.3, -0.25) is 14.6 Å². The van der Waals surface area contributed by atoms with Crippen molar-refractivity contribution in [2.24, 2.45) is 0 Å². The van der Waals surface area contributed by atoms with Gasteiger partial charge in [-0.15, -0.1) is 11.3 Å². The van der Waals surface area contributed by atoms with Gasteiger partial charge in [-0.1, -0.05) is 11.2 Å². The van der Waals surface area contributed by atoms with E-state index in [-0.39, 0.29) is 30.3 Å². The van der Waals surface area contributed by atoms with Crippen LogP contribution < -0.4 is 10.6 Å². The maximum atomic E-state index is 12.4. The lowest BCUT2D eigenvalue weighted by molar-refractivity contribution is -0.127. The van der Waals surface area contributed by atoms with Crippen LogP contribution in [0, 0.1) is 0 Å². The number of amides is 2. The van der Waals surface area contributed by atoms with Gasteiger partial charge in [0.05, 0.1) is 12.1 Å². The predicted octanol–water partition coefficient (Wildman–Crippen LogP) is 2.26. The zero-order chi connectivity index (χ0) is 19.3. The first-order chi connectivity index (χ1) is 13.7. The lowest BCUT2D eigenvalue weighted by Crippen LogP contribution is -2.49. The van der Waals surface area contributed by atoms with E-state index < -0.39 is 0 Å². The Morgan fingerprint density at radius 1 is 1.32 bits per heavy atom. The first kappa shape index (κ1) is 18.3. The second kappa shape index (κ2) is 8.30. The number of rotatable bonds is 6. The van der Waals surface area contributed by atoms with Crippen molar-refractivity contribution in [3.63, 3.8) is 0 Å². The molecule has 3 aromatic rings. The molecule has 28 heavy (non-hydrogen) atoms. The van der Waals surface area contributed by atoms with E-state index in [0.717, 1.165) is 10.4 Å². The summed E-state index contributed by atoms with van der Waals surface area (Å²) in [5.41, 5.74) is 0.811. The smallest absolute Gasteiger partial charge is 0.227 e. The highest BCUT2D eigenvalue weighted by atomic mass is 32.1. The molecule has 0 aliphatic carbocycles. The van der Waals surface area contributed by atoms with Crippen LogP contribution in [0.5, 0.6) is 0 Å². The summed E-state index contributed by atoms with van der Waals surface area (Å²) in [4.78, 5) is 33.5. The Bertz CT molecular complexity index is 942. The van der Waals surface area contributed by atoms with Crippen LogP contribution in [0.15, 0.2) is 46.6 Å². The van der Waals surface area contributed by atoms with Gasteiger partial charge >= 0.3 is 0 Å². The third-order valence-corrected chi connectivity index (χ3v) is 5.53. The molecule has 1 fully saturated rings. The number of nitrogens with one attached hydrogen (secondary N) is 2. The van der Waals surface area contributed by atoms with Crippen LogP contribution in [-0.2, 0) is 16.0 Å². The highest BCUT2D eigenvalue weighted by Crippen LogP contribution is 2.27. The summed E-state index contributed by atoms with van der Waals surface area (Å²) in [5, 5.41) is 11.9. The molecule has 9 heteroatoms. The molecule has 0 radical (unpaired) electrons. The third-order valence-electron chi connectivity index (χ3n) is 4.57. The Labute approximate surface area is 165 Å². The van der Waals surface area contributed by atoms with Gasteiger partial charge in [-0.25, -0.2) is 0 Å². The number of hydrogen-bond acceptors (Lipinski definition) is 7. The van der Waals surface area contributed by atoms with Crippen LogP contribution in [0.3, 0.4) is 0 Å². The quantitative estimate of drug-likeness (QED) is 0.660. The maximum absolute atomic E-state index is 12.4. The molecule has 8 nitrogen and oxygen atoms in total. The van der Waals surface area contributed by atoms with Crippen molar-refractivity contribution in [3.05, 3.63) is 52.8 Å². The van der Waals surface area contributed by atoms with Gasteiger partial charge in [0.25, 0.3) is 0 Å². The molecule has 0 unspecified atom stereocenters. The average molecular weight is 397 g/mol. The maximum Gasteiger partial charge on any atom is 0.227 e. The average Bonchev–Trinajstić information content (AvgIpc) is 3.41. The Kier molecular flexibility index (Phi) is 5.43. The summed E-state index contributed by atoms with van der Waals surface area (Å²) < 4.78 is 5.24. The minimum atomic E-state index is -0.188. The number of carbonyl (C=O) groups is 2. The van der Waals surface area contributed by atoms with E-state index in [1.54, 1.807) is 35.9 Å². The molecule has 4 heterocycles. The lowest BCUT2D eigenvalue weighted by atomic mass is 9.96. The number of thiophene rings is 1. The van der Waals surface area contributed by atoms with Gasteiger partial charge in [-0.2, -0.15) is 4.98 Å². The molecule has 0 saturated carbocycles. The molecule has 3 aromatic heterocycles. The van der Waals surface area contributed by atoms with Crippen LogP contribution in [0.4, 0.5) is 0 Å². The van der Waals surface area contributed by atoms with Crippen LogP contribution >= 0.6 is 11.3 Å². The van der Waals surface area contributed by atoms with E-state index in [1.165, 1.54) is 0 Å². The lowest BCUT2D eigenvalue weighted by Gasteiger charge is -2.32. The molecule has 2 N–H and O–H groups in total. The number of aromatic nitrogens is 3. The van der Waals surface area contributed by atoms with Gasteiger partial charge in [0.1, 0.15) is 0 Å². The monoisotopic (exact) mass is 397 g/mol. The first-order valence-corrected chi connectivity index (χ1v) is 9.92. The third kappa shape index (κ3) is 4.25. The van der Waals surface area contributed by atoms with Crippen LogP contribution in [-0.4, -0.2) is 33.0 Å². The number of aryl methyl sites for hydroxylation is 1. The van der Waals surface area contributed by atoms with Crippen LogP contribution in [0.25, 0.3) is 11.4 Å². The Morgan fingerprint density at radius 2 is 2.18 bits per heavy atom. The van der Waals surface area contributed by atoms with E-state index in [4.69, 9.17) is 4.52 Å². The molecule has 1 aliphatic rings. The molecular weight excluding hydrogens is 378 g/mol. The number of piperidine rings is 1. The molecule has 1 aliphatic heterocycles. The van der Waals surface area contributed by atoms with E-state index in [2.05, 4.69) is 25.8 Å². The fourth-order valence-corrected chi connectivity index (χ4v) is 4.01. The van der Waals surface area contributed by atoms with Crippen molar-refractivity contribution in [1.29, 1.82) is 0 Å². The number of carbonyl (C=O) groups excluding carboxylic acids is 2. The molecule has 4 rings (SSSR count). The van der Waals surface area contributed by atoms with Gasteiger partial charge in [-0.05, 0) is 30.0 Å². The Morgan fingerprint density at radius 3 is 2.96 bits per heavy atom. The van der Waals surface area contributed by atoms with Gasteiger partial charge in [0, 0.05) is 42.1 Å². The highest BCUT2D eigenvalue weighted by molar-refractivity contribution is 7.10. The summed E-state index contributed by atoms with van der Waals surface area (Å²) in [5.74, 6) is 0.795. The van der Waals surface area contributed by atoms with E-state index in [0.29, 0.717) is 31.0 Å². The molecule has 0 bridgehead atoms. The number of nitrogens with zero attached hydrogens (tertiary/aromatic N) is 3. The summed E-state index contributed by atoms with van der Waals surface area (Å²) in [7, 11) is 0. The zero-order valence-electron chi connectivity index (χ0n) is 15.0. The van der Waals surface area contributed by atoms with Crippen molar-refractivity contribution in [1.82, 2.24) is 25.8 Å². The molecule has 144 valence electrons. The van der Waals surface area contributed by atoms with E-state index in [9.17, 15) is 9.59 Å². The largest absolute Gasteiger partial charge is 0.351 e. The summed E-state index contributed by atoms with van der Waals surface area (Å²) in [6.45, 7) is 0. The predicted molar refractivity (Wildman–Crippen MR) is 102 cm³/mol. The van der Waals surface area contributed by atoms with Gasteiger partial charge < -0.3 is 15.2 Å². The number of pyridine rings is 1. The van der Waals surface area contributed by atoms with Crippen molar-refractivity contribution < 1.29 is 14.1 Å². The number of hydrogen-bond donors (Lipinski definition) is 2. The highest BCUT2D eigenvalue weighted by Gasteiger charge is 2.31. The van der Waals surface area contributed by atoms with Crippen molar-refractivity contribution >= 4 is 23.2 Å². The van der Waals surface area contributed by atoms with Crippen molar-refractivity contribution in [2.75, 3.05) is 0 Å². The van der Waals surface area contributed by atoms with Crippen molar-refractivity contribution in [2.45, 2.75) is 37.8 Å². The molecule has 2 atom stereocenters. The minimum absolute atomic E-state index is 0.0124. The molecule has 1 saturated heterocycles. The molecule has 0 aromatic carbocycles. The second-order valence-electron chi connectivity index (χ2n) is 6.52. The normalized spacial score (nSPS) is 19.2.